The van der Waals surface area contributed by atoms with Crippen molar-refractivity contribution in [1.29, 1.82) is 0 Å². The van der Waals surface area contributed by atoms with Crippen molar-refractivity contribution in [2.45, 2.75) is 19.9 Å². The van der Waals surface area contributed by atoms with Crippen LogP contribution in [0.5, 0.6) is 0 Å². The van der Waals surface area contributed by atoms with E-state index in [1.807, 2.05) is 0 Å². The number of hydrogen-bond acceptors (Lipinski definition) is 3. The molecule has 1 aromatic heterocycles. The van der Waals surface area contributed by atoms with Crippen LogP contribution >= 0.6 is 28.3 Å². The lowest BCUT2D eigenvalue weighted by atomic mass is 10.2. The molecule has 1 heterocycles. The van der Waals surface area contributed by atoms with Gasteiger partial charge in [0.15, 0.2) is 5.96 Å². The summed E-state index contributed by atoms with van der Waals surface area (Å²) in [4.78, 5) is 8.21. The van der Waals surface area contributed by atoms with Crippen LogP contribution in [-0.2, 0) is 0 Å². The van der Waals surface area contributed by atoms with Gasteiger partial charge in [-0.2, -0.15) is 0 Å². The Morgan fingerprint density at radius 2 is 1.95 bits per heavy atom. The summed E-state index contributed by atoms with van der Waals surface area (Å²) < 4.78 is 0. The van der Waals surface area contributed by atoms with E-state index in [1.165, 1.54) is 4.88 Å². The smallest absolute Gasteiger partial charge is 0.191 e. The second kappa shape index (κ2) is 10.2. The molecule has 6 heteroatoms. The van der Waals surface area contributed by atoms with E-state index in [1.54, 1.807) is 11.3 Å². The molecule has 2 N–H and O–H groups in total. The molecule has 0 fully saturated rings. The van der Waals surface area contributed by atoms with Crippen molar-refractivity contribution in [3.8, 4) is 0 Å². The molecule has 0 aliphatic rings. The minimum absolute atomic E-state index is 0. The zero-order valence-corrected chi connectivity index (χ0v) is 14.7. The molecule has 1 rings (SSSR count). The number of thiophene rings is 1. The monoisotopic (exact) mass is 348 g/mol. The van der Waals surface area contributed by atoms with Crippen LogP contribution in [0.15, 0.2) is 22.5 Å². The van der Waals surface area contributed by atoms with E-state index < -0.39 is 0 Å². The van der Waals surface area contributed by atoms with Crippen LogP contribution in [0.25, 0.3) is 0 Å². The number of likely N-dealkylation sites (N-methyl/N-ethyl adjacent to an activating group) is 1. The Morgan fingerprint density at radius 1 is 1.32 bits per heavy atom. The summed E-state index contributed by atoms with van der Waals surface area (Å²) in [6.07, 6.45) is 0. The van der Waals surface area contributed by atoms with Crippen molar-refractivity contribution in [3.05, 3.63) is 22.4 Å². The largest absolute Gasteiger partial charge is 0.357 e. The van der Waals surface area contributed by atoms with Gasteiger partial charge in [0.2, 0.25) is 0 Å². The molecule has 0 aliphatic heterocycles. The average Bonchev–Trinajstić information content (AvgIpc) is 2.83. The Hall–Kier alpha value is -0.590. The lowest BCUT2D eigenvalue weighted by Gasteiger charge is -2.22. The van der Waals surface area contributed by atoms with Crippen LogP contribution in [0, 0.1) is 0 Å². The van der Waals surface area contributed by atoms with Crippen molar-refractivity contribution in [2.24, 2.45) is 4.99 Å². The third kappa shape index (κ3) is 6.40. The average molecular weight is 349 g/mol. The zero-order valence-electron chi connectivity index (χ0n) is 12.1. The lowest BCUT2D eigenvalue weighted by molar-refractivity contribution is 0.310. The summed E-state index contributed by atoms with van der Waals surface area (Å²) >= 11 is 1.79. The molecule has 0 radical (unpaired) electrons. The first-order valence-corrected chi connectivity index (χ1v) is 7.29. The van der Waals surface area contributed by atoms with Gasteiger partial charge in [-0.05, 0) is 39.4 Å². The maximum atomic E-state index is 4.64. The van der Waals surface area contributed by atoms with Crippen molar-refractivity contribution in [2.75, 3.05) is 33.7 Å². The molecule has 0 saturated carbocycles. The Labute approximate surface area is 131 Å². The lowest BCUT2D eigenvalue weighted by Crippen LogP contribution is -2.37. The van der Waals surface area contributed by atoms with Gasteiger partial charge >= 0.3 is 0 Å². The van der Waals surface area contributed by atoms with E-state index in [4.69, 9.17) is 0 Å². The van der Waals surface area contributed by atoms with E-state index in [9.17, 15) is 0 Å². The maximum Gasteiger partial charge on any atom is 0.191 e. The number of aliphatic imine (C=N–C) groups is 1. The molecule has 0 bridgehead atoms. The third-order valence-electron chi connectivity index (χ3n) is 2.61. The summed E-state index contributed by atoms with van der Waals surface area (Å²) in [7, 11) is 4.19. The van der Waals surface area contributed by atoms with E-state index >= 15 is 0 Å². The number of halogens is 1. The SMILES string of the molecule is Br.CCNC(=NCC(c1cccs1)N(C)C)NCC. The molecule has 1 atom stereocenters. The first kappa shape index (κ1) is 18.4. The first-order chi connectivity index (χ1) is 8.69. The topological polar surface area (TPSA) is 39.7 Å². The van der Waals surface area contributed by atoms with Gasteiger partial charge in [0.1, 0.15) is 0 Å². The van der Waals surface area contributed by atoms with E-state index in [2.05, 4.69) is 66.0 Å². The molecule has 0 saturated heterocycles. The first-order valence-electron chi connectivity index (χ1n) is 6.41. The fraction of sp³-hybridized carbons (Fsp3) is 0.615. The molecule has 0 spiro atoms. The summed E-state index contributed by atoms with van der Waals surface area (Å²) in [5, 5.41) is 8.61. The van der Waals surface area contributed by atoms with E-state index in [-0.39, 0.29) is 17.0 Å². The molecule has 0 aliphatic carbocycles. The molecule has 0 amide bonds. The molecule has 4 nitrogen and oxygen atoms in total. The standard InChI is InChI=1S/C13H24N4S.BrH/c1-5-14-13(15-6-2)16-10-11(17(3)4)12-8-7-9-18-12;/h7-9,11H,5-6,10H2,1-4H3,(H2,14,15,16);1H. The number of guanidine groups is 1. The van der Waals surface area contributed by atoms with Crippen molar-refractivity contribution in [3.63, 3.8) is 0 Å². The number of nitrogens with zero attached hydrogens (tertiary/aromatic N) is 2. The molecular formula is C13H25BrN4S. The highest BCUT2D eigenvalue weighted by Gasteiger charge is 2.14. The quantitative estimate of drug-likeness (QED) is 0.612. The Morgan fingerprint density at radius 3 is 2.37 bits per heavy atom. The Balaban J connectivity index is 0.00000324. The second-order valence-corrected chi connectivity index (χ2v) is 5.22. The van der Waals surface area contributed by atoms with Gasteiger partial charge in [-0.3, -0.25) is 4.99 Å². The number of hydrogen-bond donors (Lipinski definition) is 2. The van der Waals surface area contributed by atoms with Crippen LogP contribution in [0.3, 0.4) is 0 Å². The van der Waals surface area contributed by atoms with Gasteiger partial charge in [-0.1, -0.05) is 6.07 Å². The third-order valence-corrected chi connectivity index (χ3v) is 3.58. The summed E-state index contributed by atoms with van der Waals surface area (Å²) in [5.41, 5.74) is 0. The minimum atomic E-state index is 0. The van der Waals surface area contributed by atoms with Crippen molar-refractivity contribution < 1.29 is 0 Å². The maximum absolute atomic E-state index is 4.64. The highest BCUT2D eigenvalue weighted by molar-refractivity contribution is 8.93. The van der Waals surface area contributed by atoms with Crippen LogP contribution < -0.4 is 10.6 Å². The second-order valence-electron chi connectivity index (χ2n) is 4.24. The van der Waals surface area contributed by atoms with E-state index in [0.717, 1.165) is 25.6 Å². The Kier molecular flexibility index (Phi) is 9.91. The number of nitrogens with one attached hydrogen (secondary N) is 2. The molecule has 110 valence electrons. The molecule has 1 aromatic rings. The molecule has 1 unspecified atom stereocenters. The highest BCUT2D eigenvalue weighted by Crippen LogP contribution is 2.23. The van der Waals surface area contributed by atoms with Gasteiger partial charge in [0.05, 0.1) is 12.6 Å². The Bertz CT molecular complexity index is 344. The molecule has 0 aromatic carbocycles. The predicted molar refractivity (Wildman–Crippen MR) is 90.7 cm³/mol. The van der Waals surface area contributed by atoms with Gasteiger partial charge < -0.3 is 15.5 Å². The van der Waals surface area contributed by atoms with Gasteiger partial charge in [-0.15, -0.1) is 28.3 Å². The normalized spacial score (nSPS) is 11.6. The van der Waals surface area contributed by atoms with Gasteiger partial charge in [0.25, 0.3) is 0 Å². The summed E-state index contributed by atoms with van der Waals surface area (Å²) in [6, 6.07) is 4.61. The predicted octanol–water partition coefficient (Wildman–Crippen LogP) is 2.50. The minimum Gasteiger partial charge on any atom is -0.357 e. The van der Waals surface area contributed by atoms with Crippen LogP contribution in [-0.4, -0.2) is 44.6 Å². The van der Waals surface area contributed by atoms with Crippen LogP contribution in [0.2, 0.25) is 0 Å². The van der Waals surface area contributed by atoms with Crippen molar-refractivity contribution >= 4 is 34.3 Å². The molecular weight excluding hydrogens is 324 g/mol. The van der Waals surface area contributed by atoms with Crippen LogP contribution in [0.1, 0.15) is 24.8 Å². The summed E-state index contributed by atoms with van der Waals surface area (Å²) in [5.74, 6) is 0.892. The van der Waals surface area contributed by atoms with Crippen LogP contribution in [0.4, 0.5) is 0 Å². The molecule has 19 heavy (non-hydrogen) atoms. The van der Waals surface area contributed by atoms with Gasteiger partial charge in [-0.25, -0.2) is 0 Å². The van der Waals surface area contributed by atoms with Crippen molar-refractivity contribution in [1.82, 2.24) is 15.5 Å². The number of rotatable bonds is 6. The summed E-state index contributed by atoms with van der Waals surface area (Å²) in [6.45, 7) is 6.70. The fourth-order valence-electron chi connectivity index (χ4n) is 1.68. The van der Waals surface area contributed by atoms with Gasteiger partial charge in [0, 0.05) is 18.0 Å². The zero-order chi connectivity index (χ0) is 13.4. The van der Waals surface area contributed by atoms with E-state index in [0.29, 0.717) is 6.04 Å². The fourth-order valence-corrected chi connectivity index (χ4v) is 2.59. The highest BCUT2D eigenvalue weighted by atomic mass is 79.9.